The Labute approximate surface area is 159 Å². The van der Waals surface area contributed by atoms with Gasteiger partial charge < -0.3 is 9.64 Å². The lowest BCUT2D eigenvalue weighted by Crippen LogP contribution is -2.26. The molecule has 0 radical (unpaired) electrons. The molecular formula is C21H25NO3S. The summed E-state index contributed by atoms with van der Waals surface area (Å²) in [7, 11) is 1.73. The van der Waals surface area contributed by atoms with Gasteiger partial charge in [0.25, 0.3) is 5.91 Å². The molecule has 0 spiro atoms. The van der Waals surface area contributed by atoms with Gasteiger partial charge in [0.2, 0.25) is 0 Å². The summed E-state index contributed by atoms with van der Waals surface area (Å²) in [6.45, 7) is 8.15. The lowest BCUT2D eigenvalue weighted by molar-refractivity contribution is -0.131. The molecule has 4 nitrogen and oxygen atoms in total. The Morgan fingerprint density at radius 3 is 2.12 bits per heavy atom. The molecular weight excluding hydrogens is 346 g/mol. The monoisotopic (exact) mass is 371 g/mol. The van der Waals surface area contributed by atoms with E-state index in [1.165, 1.54) is 0 Å². The predicted molar refractivity (Wildman–Crippen MR) is 108 cm³/mol. The first-order valence-electron chi connectivity index (χ1n) is 8.45. The number of nitrogens with zero attached hydrogens (tertiary/aromatic N) is 1. The number of carbonyl (C=O) groups is 2. The van der Waals surface area contributed by atoms with Gasteiger partial charge in [-0.05, 0) is 43.3 Å². The predicted octanol–water partition coefficient (Wildman–Crippen LogP) is 4.71. The van der Waals surface area contributed by atoms with Crippen molar-refractivity contribution in [3.63, 3.8) is 0 Å². The SMILES string of the molecule is Cc1ccc(C(=O)N(C)c2ccc(OC(=O)CSC(C)(C)C)cc2)cc1. The van der Waals surface area contributed by atoms with E-state index in [1.807, 2.05) is 31.2 Å². The summed E-state index contributed by atoms with van der Waals surface area (Å²) in [5.41, 5.74) is 2.48. The fourth-order valence-electron chi connectivity index (χ4n) is 2.18. The summed E-state index contributed by atoms with van der Waals surface area (Å²) in [5, 5.41) is 0. The zero-order valence-corrected chi connectivity index (χ0v) is 16.7. The molecule has 2 rings (SSSR count). The van der Waals surface area contributed by atoms with Crippen LogP contribution < -0.4 is 9.64 Å². The highest BCUT2D eigenvalue weighted by Crippen LogP contribution is 2.24. The first-order valence-corrected chi connectivity index (χ1v) is 9.44. The van der Waals surface area contributed by atoms with Crippen molar-refractivity contribution < 1.29 is 14.3 Å². The lowest BCUT2D eigenvalue weighted by Gasteiger charge is -2.18. The standard InChI is InChI=1S/C21H25NO3S/c1-15-6-8-16(9-7-15)20(24)22(5)17-10-12-18(13-11-17)25-19(23)14-26-21(2,3)4/h6-13H,14H2,1-5H3. The minimum Gasteiger partial charge on any atom is -0.426 e. The number of hydrogen-bond donors (Lipinski definition) is 0. The molecule has 2 aromatic rings. The largest absolute Gasteiger partial charge is 0.426 e. The number of rotatable bonds is 5. The number of esters is 1. The summed E-state index contributed by atoms with van der Waals surface area (Å²) in [4.78, 5) is 26.0. The number of anilines is 1. The summed E-state index contributed by atoms with van der Waals surface area (Å²) in [5.74, 6) is 0.416. The first kappa shape index (κ1) is 20.0. The molecule has 1 amide bonds. The Morgan fingerprint density at radius 1 is 1.00 bits per heavy atom. The highest BCUT2D eigenvalue weighted by Gasteiger charge is 2.16. The molecule has 0 bridgehead atoms. The van der Waals surface area contributed by atoms with Crippen molar-refractivity contribution in [3.05, 3.63) is 59.7 Å². The van der Waals surface area contributed by atoms with E-state index >= 15 is 0 Å². The second kappa shape index (κ2) is 8.41. The van der Waals surface area contributed by atoms with E-state index in [4.69, 9.17) is 4.74 Å². The van der Waals surface area contributed by atoms with Crippen LogP contribution >= 0.6 is 11.8 Å². The van der Waals surface area contributed by atoms with E-state index in [0.29, 0.717) is 17.1 Å². The number of thioether (sulfide) groups is 1. The zero-order chi connectivity index (χ0) is 19.3. The van der Waals surface area contributed by atoms with Crippen LogP contribution in [0.4, 0.5) is 5.69 Å². The van der Waals surface area contributed by atoms with E-state index in [2.05, 4.69) is 20.8 Å². The van der Waals surface area contributed by atoms with Crippen LogP contribution in [0.5, 0.6) is 5.75 Å². The number of hydrogen-bond acceptors (Lipinski definition) is 4. The van der Waals surface area contributed by atoms with Gasteiger partial charge in [-0.1, -0.05) is 38.5 Å². The third-order valence-electron chi connectivity index (χ3n) is 3.68. The quantitative estimate of drug-likeness (QED) is 0.564. The fraction of sp³-hybridized carbons (Fsp3) is 0.333. The fourth-order valence-corrected chi connectivity index (χ4v) is 2.79. The zero-order valence-electron chi connectivity index (χ0n) is 15.9. The molecule has 0 N–H and O–H groups in total. The van der Waals surface area contributed by atoms with E-state index in [9.17, 15) is 9.59 Å². The van der Waals surface area contributed by atoms with Crippen LogP contribution in [-0.4, -0.2) is 29.4 Å². The molecule has 26 heavy (non-hydrogen) atoms. The molecule has 2 aromatic carbocycles. The molecule has 0 saturated carbocycles. The summed E-state index contributed by atoms with van der Waals surface area (Å²) in [6, 6.07) is 14.4. The van der Waals surface area contributed by atoms with E-state index in [1.54, 1.807) is 48.0 Å². The van der Waals surface area contributed by atoms with Gasteiger partial charge in [0.05, 0.1) is 5.75 Å². The molecule has 5 heteroatoms. The highest BCUT2D eigenvalue weighted by molar-refractivity contribution is 8.01. The molecule has 0 heterocycles. The van der Waals surface area contributed by atoms with Gasteiger partial charge in [-0.2, -0.15) is 0 Å². The second-order valence-electron chi connectivity index (χ2n) is 7.10. The van der Waals surface area contributed by atoms with Gasteiger partial charge in [-0.25, -0.2) is 0 Å². The molecule has 0 unspecified atom stereocenters. The summed E-state index contributed by atoms with van der Waals surface area (Å²) in [6.07, 6.45) is 0. The number of ether oxygens (including phenoxy) is 1. The first-order chi connectivity index (χ1) is 12.2. The minimum absolute atomic E-state index is 0.0158. The molecule has 0 aliphatic rings. The normalized spacial score (nSPS) is 11.1. The number of carbonyl (C=O) groups excluding carboxylic acids is 2. The average molecular weight is 372 g/mol. The van der Waals surface area contributed by atoms with Gasteiger partial charge in [0.15, 0.2) is 0 Å². The van der Waals surface area contributed by atoms with Crippen molar-refractivity contribution in [3.8, 4) is 5.75 Å². The van der Waals surface area contributed by atoms with Crippen molar-refractivity contribution >= 4 is 29.3 Å². The van der Waals surface area contributed by atoms with E-state index < -0.39 is 0 Å². The molecule has 0 aromatic heterocycles. The Morgan fingerprint density at radius 2 is 1.58 bits per heavy atom. The smallest absolute Gasteiger partial charge is 0.321 e. The highest BCUT2D eigenvalue weighted by atomic mass is 32.2. The Bertz CT molecular complexity index is 761. The van der Waals surface area contributed by atoms with Crippen molar-refractivity contribution in [2.24, 2.45) is 0 Å². The Kier molecular flexibility index (Phi) is 6.48. The Balaban J connectivity index is 1.98. The second-order valence-corrected chi connectivity index (χ2v) is 8.90. The van der Waals surface area contributed by atoms with Crippen LogP contribution in [0, 0.1) is 6.92 Å². The Hall–Kier alpha value is -2.27. The van der Waals surface area contributed by atoms with E-state index in [-0.39, 0.29) is 16.6 Å². The van der Waals surface area contributed by atoms with Gasteiger partial charge in [-0.15, -0.1) is 11.8 Å². The molecule has 0 saturated heterocycles. The summed E-state index contributed by atoms with van der Waals surface area (Å²) >= 11 is 1.54. The van der Waals surface area contributed by atoms with Crippen LogP contribution in [-0.2, 0) is 4.79 Å². The third kappa shape index (κ3) is 5.92. The number of amides is 1. The maximum absolute atomic E-state index is 12.5. The van der Waals surface area contributed by atoms with Crippen LogP contribution in [0.3, 0.4) is 0 Å². The van der Waals surface area contributed by atoms with E-state index in [0.717, 1.165) is 11.3 Å². The van der Waals surface area contributed by atoms with Crippen molar-refractivity contribution in [2.45, 2.75) is 32.4 Å². The number of aryl methyl sites for hydroxylation is 1. The average Bonchev–Trinajstić information content (AvgIpc) is 2.59. The maximum Gasteiger partial charge on any atom is 0.321 e. The number of benzene rings is 2. The molecule has 0 aliphatic carbocycles. The van der Waals surface area contributed by atoms with Crippen molar-refractivity contribution in [1.29, 1.82) is 0 Å². The van der Waals surface area contributed by atoms with Crippen LogP contribution in [0.15, 0.2) is 48.5 Å². The van der Waals surface area contributed by atoms with Crippen LogP contribution in [0.1, 0.15) is 36.7 Å². The molecule has 0 aliphatic heterocycles. The van der Waals surface area contributed by atoms with Crippen LogP contribution in [0.2, 0.25) is 0 Å². The van der Waals surface area contributed by atoms with Crippen molar-refractivity contribution in [2.75, 3.05) is 17.7 Å². The van der Waals surface area contributed by atoms with Crippen LogP contribution in [0.25, 0.3) is 0 Å². The van der Waals surface area contributed by atoms with Gasteiger partial charge in [0, 0.05) is 23.0 Å². The lowest BCUT2D eigenvalue weighted by atomic mass is 10.1. The third-order valence-corrected chi connectivity index (χ3v) is 4.93. The maximum atomic E-state index is 12.5. The van der Waals surface area contributed by atoms with Gasteiger partial charge >= 0.3 is 5.97 Å². The molecule has 0 fully saturated rings. The summed E-state index contributed by atoms with van der Waals surface area (Å²) < 4.78 is 5.36. The minimum atomic E-state index is -0.276. The topological polar surface area (TPSA) is 46.6 Å². The van der Waals surface area contributed by atoms with Crippen molar-refractivity contribution in [1.82, 2.24) is 0 Å². The van der Waals surface area contributed by atoms with Gasteiger partial charge in [-0.3, -0.25) is 9.59 Å². The van der Waals surface area contributed by atoms with Gasteiger partial charge in [0.1, 0.15) is 5.75 Å². The molecule has 0 atom stereocenters. The molecule has 138 valence electrons.